The third-order valence-electron chi connectivity index (χ3n) is 5.77. The fourth-order valence-electron chi connectivity index (χ4n) is 3.84. The van der Waals surface area contributed by atoms with Gasteiger partial charge in [0.2, 0.25) is 10.0 Å². The van der Waals surface area contributed by atoms with Crippen molar-refractivity contribution in [2.75, 3.05) is 17.0 Å². The zero-order valence-corrected chi connectivity index (χ0v) is 21.7. The van der Waals surface area contributed by atoms with Crippen LogP contribution in [0.5, 0.6) is 11.5 Å². The Balaban J connectivity index is 1.99. The van der Waals surface area contributed by atoms with Gasteiger partial charge in [-0.2, -0.15) is 0 Å². The van der Waals surface area contributed by atoms with Crippen molar-refractivity contribution in [2.45, 2.75) is 20.8 Å². The summed E-state index contributed by atoms with van der Waals surface area (Å²) in [6, 6.07) is 11.8. The summed E-state index contributed by atoms with van der Waals surface area (Å²) in [5.41, 5.74) is 1.18. The number of aryl methyl sites for hydroxylation is 1. The van der Waals surface area contributed by atoms with Crippen LogP contribution in [0.1, 0.15) is 29.8 Å². The number of fused-ring (bicyclic) bond motifs is 1. The smallest absolute Gasteiger partial charge is 0.251 e. The van der Waals surface area contributed by atoms with Crippen LogP contribution in [0.2, 0.25) is 0 Å². The fraction of sp³-hybridized carbons (Fsp3) is 0.185. The monoisotopic (exact) mass is 541 g/mol. The number of hydrogen-bond donors (Lipinski definition) is 2. The third kappa shape index (κ3) is 5.52. The number of benzene rings is 3. The van der Waals surface area contributed by atoms with Gasteiger partial charge in [-0.3, -0.25) is 14.3 Å². The molecule has 0 atom stereocenters. The minimum Gasteiger partial charge on any atom is -0.452 e. The quantitative estimate of drug-likeness (QED) is 0.331. The van der Waals surface area contributed by atoms with Crippen molar-refractivity contribution < 1.29 is 26.7 Å². The first-order chi connectivity index (χ1) is 18.0. The Labute approximate surface area is 217 Å². The summed E-state index contributed by atoms with van der Waals surface area (Å²) in [5, 5.41) is 3.01. The Kier molecular flexibility index (Phi) is 7.49. The predicted molar refractivity (Wildman–Crippen MR) is 142 cm³/mol. The van der Waals surface area contributed by atoms with E-state index in [4.69, 9.17) is 4.74 Å². The van der Waals surface area contributed by atoms with Crippen LogP contribution in [0.25, 0.3) is 16.6 Å². The van der Waals surface area contributed by atoms with Gasteiger partial charge in [0, 0.05) is 35.3 Å². The lowest BCUT2D eigenvalue weighted by Crippen LogP contribution is -2.23. The number of nitrogens with zero attached hydrogens (tertiary/aromatic N) is 1. The molecule has 4 aromatic rings. The number of hydrogen-bond acceptors (Lipinski definition) is 5. The highest BCUT2D eigenvalue weighted by molar-refractivity contribution is 7.92. The largest absolute Gasteiger partial charge is 0.452 e. The minimum atomic E-state index is -3.64. The van der Waals surface area contributed by atoms with E-state index in [0.717, 1.165) is 12.1 Å². The third-order valence-corrected chi connectivity index (χ3v) is 7.07. The molecule has 0 radical (unpaired) electrons. The normalized spacial score (nSPS) is 11.4. The Morgan fingerprint density at radius 3 is 2.42 bits per heavy atom. The van der Waals surface area contributed by atoms with Crippen molar-refractivity contribution in [3.8, 4) is 17.2 Å². The Morgan fingerprint density at radius 2 is 1.74 bits per heavy atom. The van der Waals surface area contributed by atoms with Crippen molar-refractivity contribution >= 4 is 32.5 Å². The highest BCUT2D eigenvalue weighted by Crippen LogP contribution is 2.34. The molecule has 198 valence electrons. The standard InChI is InChI=1S/C27H25F2N3O5S/c1-4-30-27(34)17-6-9-20-22(12-17)32(15-16(3)26(20)33)23-14-19(31-38(35,36)5-2)8-11-25(23)37-24-10-7-18(28)13-21(24)29/h6-15,31H,4-5H2,1-3H3,(H,30,34). The number of halogens is 2. The number of anilines is 1. The molecule has 3 aromatic carbocycles. The number of carbonyl (C=O) groups is 1. The molecule has 1 heterocycles. The van der Waals surface area contributed by atoms with Crippen LogP contribution < -0.4 is 20.2 Å². The average Bonchev–Trinajstić information content (AvgIpc) is 2.88. The lowest BCUT2D eigenvalue weighted by Gasteiger charge is -2.19. The fourth-order valence-corrected chi connectivity index (χ4v) is 4.47. The van der Waals surface area contributed by atoms with E-state index in [1.165, 1.54) is 49.5 Å². The molecule has 0 saturated heterocycles. The summed E-state index contributed by atoms with van der Waals surface area (Å²) >= 11 is 0. The van der Waals surface area contributed by atoms with Crippen LogP contribution in [0.4, 0.5) is 14.5 Å². The summed E-state index contributed by atoms with van der Waals surface area (Å²) in [6.45, 7) is 5.27. The molecule has 0 unspecified atom stereocenters. The Bertz CT molecular complexity index is 1720. The van der Waals surface area contributed by atoms with E-state index in [2.05, 4.69) is 10.0 Å². The van der Waals surface area contributed by atoms with Crippen LogP contribution in [0.3, 0.4) is 0 Å². The minimum absolute atomic E-state index is 0.0858. The number of pyridine rings is 1. The summed E-state index contributed by atoms with van der Waals surface area (Å²) < 4.78 is 62.2. The molecule has 0 saturated carbocycles. The van der Waals surface area contributed by atoms with Gasteiger partial charge in [-0.25, -0.2) is 17.2 Å². The van der Waals surface area contributed by atoms with Crippen molar-refractivity contribution in [1.29, 1.82) is 0 Å². The van der Waals surface area contributed by atoms with Gasteiger partial charge in [-0.1, -0.05) is 0 Å². The predicted octanol–water partition coefficient (Wildman–Crippen LogP) is 4.88. The number of nitrogens with one attached hydrogen (secondary N) is 2. The van der Waals surface area contributed by atoms with E-state index in [0.29, 0.717) is 34.6 Å². The molecule has 0 aliphatic rings. The maximum Gasteiger partial charge on any atom is 0.251 e. The van der Waals surface area contributed by atoms with Crippen LogP contribution in [0.15, 0.2) is 65.6 Å². The molecule has 0 aliphatic carbocycles. The number of carbonyl (C=O) groups excluding carboxylic acids is 1. The van der Waals surface area contributed by atoms with Crippen molar-refractivity contribution in [3.05, 3.63) is 93.8 Å². The molecule has 8 nitrogen and oxygen atoms in total. The molecular weight excluding hydrogens is 516 g/mol. The van der Waals surface area contributed by atoms with E-state index < -0.39 is 21.7 Å². The first-order valence-corrected chi connectivity index (χ1v) is 13.4. The maximum absolute atomic E-state index is 14.5. The van der Waals surface area contributed by atoms with E-state index >= 15 is 0 Å². The second-order valence-corrected chi connectivity index (χ2v) is 10.5. The Morgan fingerprint density at radius 1 is 1.00 bits per heavy atom. The van der Waals surface area contributed by atoms with Gasteiger partial charge < -0.3 is 14.6 Å². The van der Waals surface area contributed by atoms with E-state index in [1.54, 1.807) is 18.4 Å². The number of amides is 1. The van der Waals surface area contributed by atoms with E-state index in [-0.39, 0.29) is 40.0 Å². The summed E-state index contributed by atoms with van der Waals surface area (Å²) in [7, 11) is -3.64. The van der Waals surface area contributed by atoms with Gasteiger partial charge in [-0.15, -0.1) is 0 Å². The van der Waals surface area contributed by atoms with E-state index in [9.17, 15) is 26.8 Å². The first kappa shape index (κ1) is 26.8. The lowest BCUT2D eigenvalue weighted by atomic mass is 10.1. The van der Waals surface area contributed by atoms with Crippen LogP contribution in [-0.4, -0.2) is 31.2 Å². The SMILES string of the molecule is CCNC(=O)c1ccc2c(=O)c(C)cn(-c3cc(NS(=O)(=O)CC)ccc3Oc3ccc(F)cc3F)c2c1. The van der Waals surface area contributed by atoms with Gasteiger partial charge in [0.15, 0.2) is 22.7 Å². The highest BCUT2D eigenvalue weighted by Gasteiger charge is 2.18. The van der Waals surface area contributed by atoms with Crippen molar-refractivity contribution in [2.24, 2.45) is 0 Å². The number of ether oxygens (including phenoxy) is 1. The molecule has 0 fully saturated rings. The second-order valence-electron chi connectivity index (χ2n) is 8.47. The highest BCUT2D eigenvalue weighted by atomic mass is 32.2. The van der Waals surface area contributed by atoms with Gasteiger partial charge >= 0.3 is 0 Å². The van der Waals surface area contributed by atoms with Gasteiger partial charge in [0.05, 0.1) is 22.6 Å². The van der Waals surface area contributed by atoms with Crippen molar-refractivity contribution in [1.82, 2.24) is 9.88 Å². The van der Waals surface area contributed by atoms with Gasteiger partial charge in [-0.05, 0) is 69.3 Å². The number of sulfonamides is 1. The molecule has 1 amide bonds. The molecule has 11 heteroatoms. The zero-order valence-electron chi connectivity index (χ0n) is 20.8. The van der Waals surface area contributed by atoms with E-state index in [1.807, 2.05) is 0 Å². The first-order valence-electron chi connectivity index (χ1n) is 11.7. The molecule has 0 aliphatic heterocycles. The molecule has 0 spiro atoms. The molecule has 38 heavy (non-hydrogen) atoms. The summed E-state index contributed by atoms with van der Waals surface area (Å²) in [5.74, 6) is -2.41. The van der Waals surface area contributed by atoms with Crippen LogP contribution >= 0.6 is 0 Å². The molecular formula is C27H25F2N3O5S. The van der Waals surface area contributed by atoms with Crippen LogP contribution in [-0.2, 0) is 10.0 Å². The van der Waals surface area contributed by atoms with Gasteiger partial charge in [0.25, 0.3) is 5.91 Å². The van der Waals surface area contributed by atoms with Crippen LogP contribution in [0, 0.1) is 18.6 Å². The topological polar surface area (TPSA) is 107 Å². The average molecular weight is 542 g/mol. The second kappa shape index (κ2) is 10.6. The molecule has 1 aromatic heterocycles. The number of aromatic nitrogens is 1. The zero-order chi connectivity index (χ0) is 27.6. The Hall–Kier alpha value is -4.25. The number of rotatable bonds is 8. The summed E-state index contributed by atoms with van der Waals surface area (Å²) in [4.78, 5) is 25.5. The van der Waals surface area contributed by atoms with Crippen molar-refractivity contribution in [3.63, 3.8) is 0 Å². The summed E-state index contributed by atoms with van der Waals surface area (Å²) in [6.07, 6.45) is 1.52. The maximum atomic E-state index is 14.5. The molecule has 2 N–H and O–H groups in total. The molecule has 0 bridgehead atoms. The molecule has 4 rings (SSSR count). The lowest BCUT2D eigenvalue weighted by molar-refractivity contribution is 0.0956. The van der Waals surface area contributed by atoms with Gasteiger partial charge in [0.1, 0.15) is 5.82 Å².